The molecule has 0 spiro atoms. The van der Waals surface area contributed by atoms with Gasteiger partial charge in [-0.15, -0.1) is 0 Å². The number of methoxy groups -OCH3 is 1. The summed E-state index contributed by atoms with van der Waals surface area (Å²) in [6.07, 6.45) is 4.37. The first-order valence-corrected chi connectivity index (χ1v) is 7.50. The minimum absolute atomic E-state index is 0.0831. The summed E-state index contributed by atoms with van der Waals surface area (Å²) in [4.78, 5) is 13.9. The summed E-state index contributed by atoms with van der Waals surface area (Å²) in [7, 11) is 1.41. The smallest absolute Gasteiger partial charge is 0.246 e. The first-order valence-electron chi connectivity index (χ1n) is 7.50. The molecule has 1 amide bonds. The van der Waals surface area contributed by atoms with Crippen LogP contribution in [0.5, 0.6) is 5.75 Å². The van der Waals surface area contributed by atoms with Crippen LogP contribution in [0.2, 0.25) is 0 Å². The Hall–Kier alpha value is -1.88. The van der Waals surface area contributed by atoms with E-state index in [1.54, 1.807) is 24.0 Å². The number of carbonyl (C=O) groups is 1. The van der Waals surface area contributed by atoms with Gasteiger partial charge in [0.25, 0.3) is 0 Å². The van der Waals surface area contributed by atoms with Crippen LogP contribution in [-0.4, -0.2) is 42.2 Å². The number of rotatable bonds is 4. The molecule has 1 unspecified atom stereocenters. The van der Waals surface area contributed by atoms with Crippen molar-refractivity contribution in [1.82, 2.24) is 4.90 Å². The van der Waals surface area contributed by atoms with Gasteiger partial charge in [0.15, 0.2) is 11.6 Å². The summed E-state index contributed by atoms with van der Waals surface area (Å²) in [6, 6.07) is 4.57. The Morgan fingerprint density at radius 1 is 1.45 bits per heavy atom. The average Bonchev–Trinajstić information content (AvgIpc) is 2.52. The molecule has 1 N–H and O–H groups in total. The number of likely N-dealkylation sites (tertiary alicyclic amines) is 1. The van der Waals surface area contributed by atoms with Crippen molar-refractivity contribution in [2.24, 2.45) is 5.92 Å². The third-order valence-corrected chi connectivity index (χ3v) is 4.13. The second kappa shape index (κ2) is 7.40. The Labute approximate surface area is 130 Å². The van der Waals surface area contributed by atoms with Gasteiger partial charge in [0.05, 0.1) is 13.2 Å². The molecule has 0 saturated carbocycles. The predicted octanol–water partition coefficient (Wildman–Crippen LogP) is 2.47. The molecule has 1 heterocycles. The van der Waals surface area contributed by atoms with Gasteiger partial charge in [-0.1, -0.05) is 6.07 Å². The van der Waals surface area contributed by atoms with Crippen LogP contribution in [-0.2, 0) is 4.79 Å². The molecule has 22 heavy (non-hydrogen) atoms. The molecule has 0 radical (unpaired) electrons. The second-order valence-electron chi connectivity index (χ2n) is 5.63. The first kappa shape index (κ1) is 16.5. The van der Waals surface area contributed by atoms with Crippen LogP contribution in [0.15, 0.2) is 24.3 Å². The molecule has 0 aromatic heterocycles. The largest absolute Gasteiger partial charge is 0.494 e. The van der Waals surface area contributed by atoms with Crippen molar-refractivity contribution < 1.29 is 19.0 Å². The average molecular weight is 307 g/mol. The van der Waals surface area contributed by atoms with Crippen molar-refractivity contribution in [1.29, 1.82) is 0 Å². The summed E-state index contributed by atoms with van der Waals surface area (Å²) in [5.41, 5.74) is 0.616. The second-order valence-corrected chi connectivity index (χ2v) is 5.63. The summed E-state index contributed by atoms with van der Waals surface area (Å²) in [6.45, 7) is 3.09. The molecule has 1 aromatic carbocycles. The predicted molar refractivity (Wildman–Crippen MR) is 83.0 cm³/mol. The number of amides is 1. The van der Waals surface area contributed by atoms with Crippen molar-refractivity contribution in [3.05, 3.63) is 35.7 Å². The van der Waals surface area contributed by atoms with Gasteiger partial charge in [-0.2, -0.15) is 0 Å². The fourth-order valence-electron chi connectivity index (χ4n) is 2.66. The van der Waals surface area contributed by atoms with Gasteiger partial charge in [-0.3, -0.25) is 4.79 Å². The zero-order chi connectivity index (χ0) is 16.1. The van der Waals surface area contributed by atoms with E-state index in [1.807, 2.05) is 0 Å². The van der Waals surface area contributed by atoms with E-state index in [9.17, 15) is 14.3 Å². The van der Waals surface area contributed by atoms with Gasteiger partial charge in [0.2, 0.25) is 5.91 Å². The first-order chi connectivity index (χ1) is 10.5. The van der Waals surface area contributed by atoms with Crippen molar-refractivity contribution in [2.75, 3.05) is 20.2 Å². The third kappa shape index (κ3) is 4.07. The number of halogens is 1. The highest BCUT2D eigenvalue weighted by Gasteiger charge is 2.24. The Morgan fingerprint density at radius 3 is 2.68 bits per heavy atom. The van der Waals surface area contributed by atoms with Gasteiger partial charge in [-0.25, -0.2) is 4.39 Å². The molecule has 1 atom stereocenters. The Balaban J connectivity index is 1.93. The maximum absolute atomic E-state index is 13.6. The van der Waals surface area contributed by atoms with Crippen LogP contribution in [0.4, 0.5) is 4.39 Å². The SMILES string of the molecule is COc1ccc(C=CC(=O)N2CCC(C(C)O)CC2)cc1F. The summed E-state index contributed by atoms with van der Waals surface area (Å²) >= 11 is 0. The zero-order valence-corrected chi connectivity index (χ0v) is 13.0. The van der Waals surface area contributed by atoms with E-state index < -0.39 is 5.82 Å². The van der Waals surface area contributed by atoms with E-state index in [0.29, 0.717) is 18.7 Å². The molecule has 0 bridgehead atoms. The van der Waals surface area contributed by atoms with Crippen molar-refractivity contribution >= 4 is 12.0 Å². The van der Waals surface area contributed by atoms with Crippen LogP contribution in [0.3, 0.4) is 0 Å². The Bertz CT molecular complexity index is 549. The molecular formula is C17H22FNO3. The molecule has 1 aliphatic rings. The van der Waals surface area contributed by atoms with Crippen LogP contribution in [0.1, 0.15) is 25.3 Å². The highest BCUT2D eigenvalue weighted by molar-refractivity contribution is 5.91. The number of hydrogen-bond acceptors (Lipinski definition) is 3. The van der Waals surface area contributed by atoms with E-state index in [-0.39, 0.29) is 23.7 Å². The van der Waals surface area contributed by atoms with Crippen molar-refractivity contribution in [2.45, 2.75) is 25.9 Å². The van der Waals surface area contributed by atoms with Gasteiger partial charge < -0.3 is 14.7 Å². The normalized spacial score (nSPS) is 17.7. The molecule has 1 aliphatic heterocycles. The number of piperidine rings is 1. The maximum Gasteiger partial charge on any atom is 0.246 e. The Morgan fingerprint density at radius 2 is 2.14 bits per heavy atom. The molecule has 1 saturated heterocycles. The lowest BCUT2D eigenvalue weighted by Gasteiger charge is -2.32. The molecule has 1 aromatic rings. The molecule has 5 heteroatoms. The minimum Gasteiger partial charge on any atom is -0.494 e. The Kier molecular flexibility index (Phi) is 5.55. The van der Waals surface area contributed by atoms with Gasteiger partial charge >= 0.3 is 0 Å². The maximum atomic E-state index is 13.6. The van der Waals surface area contributed by atoms with E-state index >= 15 is 0 Å². The number of ether oxygens (including phenoxy) is 1. The number of aliphatic hydroxyl groups is 1. The quantitative estimate of drug-likeness (QED) is 0.869. The zero-order valence-electron chi connectivity index (χ0n) is 13.0. The highest BCUT2D eigenvalue weighted by Crippen LogP contribution is 2.21. The number of nitrogens with zero attached hydrogens (tertiary/aromatic N) is 1. The van der Waals surface area contributed by atoms with E-state index in [2.05, 4.69) is 0 Å². The van der Waals surface area contributed by atoms with Gasteiger partial charge in [0.1, 0.15) is 0 Å². The lowest BCUT2D eigenvalue weighted by atomic mass is 9.92. The number of carbonyl (C=O) groups excluding carboxylic acids is 1. The lowest BCUT2D eigenvalue weighted by Crippen LogP contribution is -2.39. The summed E-state index contributed by atoms with van der Waals surface area (Å²) in [5, 5.41) is 9.56. The van der Waals surface area contributed by atoms with Gasteiger partial charge in [0, 0.05) is 19.2 Å². The van der Waals surface area contributed by atoms with E-state index in [1.165, 1.54) is 25.3 Å². The topological polar surface area (TPSA) is 49.8 Å². The number of hydrogen-bond donors (Lipinski definition) is 1. The molecule has 120 valence electrons. The van der Waals surface area contributed by atoms with Crippen LogP contribution in [0.25, 0.3) is 6.08 Å². The van der Waals surface area contributed by atoms with Gasteiger partial charge in [-0.05, 0) is 49.5 Å². The minimum atomic E-state index is -0.449. The fourth-order valence-corrected chi connectivity index (χ4v) is 2.66. The van der Waals surface area contributed by atoms with Crippen LogP contribution >= 0.6 is 0 Å². The van der Waals surface area contributed by atoms with Crippen LogP contribution < -0.4 is 4.74 Å². The lowest BCUT2D eigenvalue weighted by molar-refractivity contribution is -0.127. The number of aliphatic hydroxyl groups excluding tert-OH is 1. The van der Waals surface area contributed by atoms with Crippen LogP contribution in [0, 0.1) is 11.7 Å². The third-order valence-electron chi connectivity index (χ3n) is 4.13. The monoisotopic (exact) mass is 307 g/mol. The fraction of sp³-hybridized carbons (Fsp3) is 0.471. The summed E-state index contributed by atoms with van der Waals surface area (Å²) < 4.78 is 18.4. The molecule has 2 rings (SSSR count). The van der Waals surface area contributed by atoms with E-state index in [4.69, 9.17) is 4.74 Å². The molecule has 0 aliphatic carbocycles. The molecular weight excluding hydrogens is 285 g/mol. The summed E-state index contributed by atoms with van der Waals surface area (Å²) in [5.74, 6) is -0.0810. The standard InChI is InChI=1S/C17H22FNO3/c1-12(20)14-7-9-19(10-8-14)17(21)6-4-13-3-5-16(22-2)15(18)11-13/h3-6,11-12,14,20H,7-10H2,1-2H3. The van der Waals surface area contributed by atoms with E-state index in [0.717, 1.165) is 12.8 Å². The molecule has 4 nitrogen and oxygen atoms in total. The number of benzene rings is 1. The van der Waals surface area contributed by atoms with Crippen molar-refractivity contribution in [3.63, 3.8) is 0 Å². The molecule has 1 fully saturated rings. The van der Waals surface area contributed by atoms with Crippen molar-refractivity contribution in [3.8, 4) is 5.75 Å². The highest BCUT2D eigenvalue weighted by atomic mass is 19.1.